The van der Waals surface area contributed by atoms with Gasteiger partial charge in [0.05, 0.1) is 13.2 Å². The molecule has 1 fully saturated rings. The van der Waals surface area contributed by atoms with Crippen molar-refractivity contribution in [3.05, 3.63) is 72.1 Å². The van der Waals surface area contributed by atoms with E-state index in [2.05, 4.69) is 20.2 Å². The first-order chi connectivity index (χ1) is 15.2. The molecule has 1 amide bonds. The number of rotatable bonds is 6. The van der Waals surface area contributed by atoms with Gasteiger partial charge in [-0.25, -0.2) is 4.98 Å². The second kappa shape index (κ2) is 9.60. The Morgan fingerprint density at radius 3 is 2.32 bits per heavy atom. The molecule has 3 aromatic rings. The molecule has 6 nitrogen and oxygen atoms in total. The van der Waals surface area contributed by atoms with E-state index >= 15 is 0 Å². The largest absolute Gasteiger partial charge is 0.497 e. The molecular weight excluding hydrogens is 388 g/mol. The number of nitrogens with one attached hydrogen (secondary N) is 1. The van der Waals surface area contributed by atoms with Crippen molar-refractivity contribution in [3.8, 4) is 17.0 Å². The molecule has 0 spiro atoms. The quantitative estimate of drug-likeness (QED) is 0.634. The number of aromatic nitrogens is 2. The Morgan fingerprint density at radius 2 is 1.65 bits per heavy atom. The van der Waals surface area contributed by atoms with E-state index in [-0.39, 0.29) is 11.9 Å². The van der Waals surface area contributed by atoms with Crippen LogP contribution in [0.25, 0.3) is 11.3 Å². The highest BCUT2D eigenvalue weighted by Gasteiger charge is 2.18. The van der Waals surface area contributed by atoms with E-state index in [1.807, 2.05) is 55.5 Å². The second-order valence-electron chi connectivity index (χ2n) is 7.82. The number of nitrogens with zero attached hydrogens (tertiary/aromatic N) is 3. The van der Waals surface area contributed by atoms with Crippen molar-refractivity contribution in [1.29, 1.82) is 0 Å². The maximum Gasteiger partial charge on any atom is 0.251 e. The Labute approximate surface area is 183 Å². The monoisotopic (exact) mass is 416 g/mol. The number of anilines is 1. The third-order valence-electron chi connectivity index (χ3n) is 5.72. The smallest absolute Gasteiger partial charge is 0.251 e. The van der Waals surface area contributed by atoms with Gasteiger partial charge in [0.2, 0.25) is 0 Å². The van der Waals surface area contributed by atoms with Crippen LogP contribution in [0.1, 0.15) is 48.1 Å². The Bertz CT molecular complexity index is 1010. The molecule has 160 valence electrons. The van der Waals surface area contributed by atoms with E-state index in [0.717, 1.165) is 41.5 Å². The Morgan fingerprint density at radius 1 is 0.968 bits per heavy atom. The molecular formula is C25H28N4O2. The highest BCUT2D eigenvalue weighted by molar-refractivity contribution is 5.95. The number of piperidine rings is 1. The Balaban J connectivity index is 1.47. The molecule has 1 atom stereocenters. The fraction of sp³-hybridized carbons (Fsp3) is 0.320. The highest BCUT2D eigenvalue weighted by Crippen LogP contribution is 2.29. The van der Waals surface area contributed by atoms with E-state index < -0.39 is 0 Å². The van der Waals surface area contributed by atoms with Crippen LogP contribution >= 0.6 is 0 Å². The molecule has 0 aliphatic carbocycles. The van der Waals surface area contributed by atoms with E-state index in [9.17, 15) is 4.79 Å². The van der Waals surface area contributed by atoms with Gasteiger partial charge in [-0.05, 0) is 56.0 Å². The molecule has 4 rings (SSSR count). The number of amides is 1. The molecule has 1 saturated heterocycles. The van der Waals surface area contributed by atoms with Crippen LogP contribution in [0.2, 0.25) is 0 Å². The summed E-state index contributed by atoms with van der Waals surface area (Å²) in [6, 6.07) is 15.2. The first-order valence-corrected chi connectivity index (χ1v) is 10.8. The lowest BCUT2D eigenvalue weighted by Crippen LogP contribution is -2.30. The minimum atomic E-state index is -0.108. The van der Waals surface area contributed by atoms with Crippen molar-refractivity contribution in [3.63, 3.8) is 0 Å². The summed E-state index contributed by atoms with van der Waals surface area (Å²) in [6.07, 6.45) is 7.10. The number of carbonyl (C=O) groups excluding carboxylic acids is 1. The standard InChI is InChI=1S/C25H28N4O2/c1-18(19-10-12-22(31-2)13-11-19)28-25(30)21-8-6-20(7-9-21)23-24(27-15-14-26-23)29-16-4-3-5-17-29/h6-15,18H,3-5,16-17H2,1-2H3,(H,28,30)/t18-/m0/s1. The molecule has 1 aromatic heterocycles. The molecule has 2 heterocycles. The topological polar surface area (TPSA) is 67.3 Å². The van der Waals surface area contributed by atoms with Crippen LogP contribution in [0.15, 0.2) is 60.9 Å². The second-order valence-corrected chi connectivity index (χ2v) is 7.82. The average molecular weight is 417 g/mol. The minimum absolute atomic E-state index is 0.106. The number of hydrogen-bond acceptors (Lipinski definition) is 5. The van der Waals surface area contributed by atoms with Crippen LogP contribution in [0, 0.1) is 0 Å². The summed E-state index contributed by atoms with van der Waals surface area (Å²) in [6.45, 7) is 3.99. The molecule has 1 aliphatic heterocycles. The van der Waals surface area contributed by atoms with Gasteiger partial charge in [0.1, 0.15) is 11.4 Å². The van der Waals surface area contributed by atoms with E-state index in [0.29, 0.717) is 5.56 Å². The fourth-order valence-corrected chi connectivity index (χ4v) is 3.91. The zero-order chi connectivity index (χ0) is 21.6. The van der Waals surface area contributed by atoms with Crippen LogP contribution in [0.3, 0.4) is 0 Å². The SMILES string of the molecule is COc1ccc([C@H](C)NC(=O)c2ccc(-c3nccnc3N3CCCCC3)cc2)cc1. The van der Waals surface area contributed by atoms with Gasteiger partial charge in [0.15, 0.2) is 5.82 Å². The molecule has 0 unspecified atom stereocenters. The van der Waals surface area contributed by atoms with E-state index in [1.165, 1.54) is 19.3 Å². The third-order valence-corrected chi connectivity index (χ3v) is 5.72. The maximum absolute atomic E-state index is 12.7. The lowest BCUT2D eigenvalue weighted by Gasteiger charge is -2.28. The third kappa shape index (κ3) is 4.85. The number of ether oxygens (including phenoxy) is 1. The van der Waals surface area contributed by atoms with Gasteiger partial charge >= 0.3 is 0 Å². The average Bonchev–Trinajstić information content (AvgIpc) is 2.84. The van der Waals surface area contributed by atoms with E-state index in [1.54, 1.807) is 19.5 Å². The molecule has 6 heteroatoms. The number of benzene rings is 2. The summed E-state index contributed by atoms with van der Waals surface area (Å²) >= 11 is 0. The van der Waals surface area contributed by atoms with Crippen molar-refractivity contribution in [2.24, 2.45) is 0 Å². The van der Waals surface area contributed by atoms with Crippen LogP contribution < -0.4 is 15.0 Å². The highest BCUT2D eigenvalue weighted by atomic mass is 16.5. The zero-order valence-corrected chi connectivity index (χ0v) is 18.0. The molecule has 0 saturated carbocycles. The van der Waals surface area contributed by atoms with Crippen molar-refractivity contribution < 1.29 is 9.53 Å². The van der Waals surface area contributed by atoms with Crippen LogP contribution in [0.5, 0.6) is 5.75 Å². The summed E-state index contributed by atoms with van der Waals surface area (Å²) in [5.74, 6) is 1.61. The van der Waals surface area contributed by atoms with Crippen molar-refractivity contribution in [2.45, 2.75) is 32.2 Å². The van der Waals surface area contributed by atoms with Crippen LogP contribution in [-0.2, 0) is 0 Å². The number of hydrogen-bond donors (Lipinski definition) is 1. The van der Waals surface area contributed by atoms with Crippen LogP contribution in [-0.4, -0.2) is 36.1 Å². The molecule has 2 aromatic carbocycles. The van der Waals surface area contributed by atoms with Gasteiger partial charge in [-0.3, -0.25) is 9.78 Å². The normalized spacial score (nSPS) is 14.7. The van der Waals surface area contributed by atoms with Crippen molar-refractivity contribution in [1.82, 2.24) is 15.3 Å². The van der Waals surface area contributed by atoms with Crippen molar-refractivity contribution in [2.75, 3.05) is 25.1 Å². The first kappa shape index (κ1) is 20.8. The summed E-state index contributed by atoms with van der Waals surface area (Å²) in [5, 5.41) is 3.06. The zero-order valence-electron chi connectivity index (χ0n) is 18.0. The van der Waals surface area contributed by atoms with Crippen LogP contribution in [0.4, 0.5) is 5.82 Å². The van der Waals surface area contributed by atoms with Gasteiger partial charge < -0.3 is 15.0 Å². The molecule has 1 N–H and O–H groups in total. The lowest BCUT2D eigenvalue weighted by atomic mass is 10.1. The van der Waals surface area contributed by atoms with Gasteiger partial charge in [-0.15, -0.1) is 0 Å². The maximum atomic E-state index is 12.7. The van der Waals surface area contributed by atoms with E-state index in [4.69, 9.17) is 4.74 Å². The predicted molar refractivity (Wildman–Crippen MR) is 122 cm³/mol. The predicted octanol–water partition coefficient (Wildman–Crippen LogP) is 4.63. The van der Waals surface area contributed by atoms with Crippen molar-refractivity contribution >= 4 is 11.7 Å². The lowest BCUT2D eigenvalue weighted by molar-refractivity contribution is 0.0940. The summed E-state index contributed by atoms with van der Waals surface area (Å²) < 4.78 is 5.19. The Hall–Kier alpha value is -3.41. The summed E-state index contributed by atoms with van der Waals surface area (Å²) in [4.78, 5) is 24.2. The van der Waals surface area contributed by atoms with Gasteiger partial charge in [-0.2, -0.15) is 0 Å². The number of methoxy groups -OCH3 is 1. The summed E-state index contributed by atoms with van der Waals surface area (Å²) in [5.41, 5.74) is 3.47. The molecule has 0 radical (unpaired) electrons. The fourth-order valence-electron chi connectivity index (χ4n) is 3.91. The summed E-state index contributed by atoms with van der Waals surface area (Å²) in [7, 11) is 1.64. The molecule has 31 heavy (non-hydrogen) atoms. The molecule has 0 bridgehead atoms. The van der Waals surface area contributed by atoms with Gasteiger partial charge in [-0.1, -0.05) is 24.3 Å². The first-order valence-electron chi connectivity index (χ1n) is 10.8. The number of carbonyl (C=O) groups is 1. The van der Waals surface area contributed by atoms with Gasteiger partial charge in [0, 0.05) is 36.6 Å². The van der Waals surface area contributed by atoms with Gasteiger partial charge in [0.25, 0.3) is 5.91 Å². The molecule has 1 aliphatic rings. The Kier molecular flexibility index (Phi) is 6.46. The minimum Gasteiger partial charge on any atom is -0.497 e.